The van der Waals surface area contributed by atoms with E-state index < -0.39 is 32.5 Å². The number of hydrogen-bond donors (Lipinski definition) is 1. The Kier molecular flexibility index (Phi) is 74.8. The highest BCUT2D eigenvalue weighted by molar-refractivity contribution is 7.47. The van der Waals surface area contributed by atoms with E-state index in [1.807, 2.05) is 21.1 Å². The molecule has 0 aromatic heterocycles. The number of unbranched alkanes of at least 4 members (excludes halogenated alkanes) is 9. The van der Waals surface area contributed by atoms with E-state index >= 15 is 0 Å². The Hall–Kier alpha value is -6.97. The monoisotopic (exact) mass is 1450 g/mol. The van der Waals surface area contributed by atoms with Crippen LogP contribution in [0.3, 0.4) is 0 Å². The Morgan fingerprint density at radius 1 is 0.298 bits per heavy atom. The number of ether oxygens (including phenoxy) is 2. The van der Waals surface area contributed by atoms with Gasteiger partial charge in [0.1, 0.15) is 19.8 Å². The van der Waals surface area contributed by atoms with Crippen molar-refractivity contribution in [2.75, 3.05) is 47.5 Å². The normalized spacial score (nSPS) is 14.6. The second-order valence-corrected chi connectivity index (χ2v) is 27.7. The molecular formula is C94H143NO8P+. The smallest absolute Gasteiger partial charge is 0.462 e. The minimum atomic E-state index is -4.43. The maximum Gasteiger partial charge on any atom is 0.472 e. The summed E-state index contributed by atoms with van der Waals surface area (Å²) in [5.41, 5.74) is 0. The quantitative estimate of drug-likeness (QED) is 0.0211. The second kappa shape index (κ2) is 80.1. The number of quaternary nitrogens is 1. The highest BCUT2D eigenvalue weighted by atomic mass is 31.2. The third kappa shape index (κ3) is 84.0. The van der Waals surface area contributed by atoms with Gasteiger partial charge in [-0.2, -0.15) is 0 Å². The van der Waals surface area contributed by atoms with Crippen LogP contribution >= 0.6 is 7.82 Å². The van der Waals surface area contributed by atoms with E-state index in [1.165, 1.54) is 0 Å². The minimum Gasteiger partial charge on any atom is -0.462 e. The standard InChI is InChI=1S/C94H142NO8P/c1-6-8-10-12-14-16-18-20-22-24-26-28-30-32-34-36-38-40-42-44-46-47-49-51-53-55-57-59-61-63-65-67-69-71-73-75-77-79-81-83-85-87-94(97)103-92(91-102-104(98,99)101-89-88-95(3,4)5)90-100-93(96)86-84-82-80-78-76-74-72-70-68-66-64-62-60-58-56-54-52-50-48-45-43-41-39-37-35-33-31-29-27-25-23-21-19-17-15-13-11-9-7-2/h8-11,14-17,20-23,26-29,32-35,38-41,44-46,48-49,51-52,54-55,57-58,60-61,63-64,66-67,69-70,72-73,75,92H,6-7,12-13,18-19,24-25,30-31,36-37,42-43,47,50,53,56,59,62,65,68,71,74,76-91H2,1-5H3/p+1/b10-8-,11-9-,16-14-,17-15-,22-20-,23-21-,28-26-,29-27-,34-32-,35-33-,40-38-,41-39-,46-44-,48-45-,51-49-,54-52-,57-55-,60-58-,63-61-,66-64-,69-67-,72-70-,75-73-. The van der Waals surface area contributed by atoms with Crippen molar-refractivity contribution in [1.82, 2.24) is 0 Å². The van der Waals surface area contributed by atoms with E-state index in [2.05, 4.69) is 293 Å². The van der Waals surface area contributed by atoms with Crippen LogP contribution in [0, 0.1) is 0 Å². The van der Waals surface area contributed by atoms with Gasteiger partial charge in [-0.3, -0.25) is 18.6 Å². The molecule has 576 valence electrons. The number of allylic oxidation sites excluding steroid dienone is 46. The molecule has 10 heteroatoms. The third-order valence-electron chi connectivity index (χ3n) is 15.4. The summed E-state index contributed by atoms with van der Waals surface area (Å²) in [5.74, 6) is -0.872. The van der Waals surface area contributed by atoms with Crippen molar-refractivity contribution in [1.29, 1.82) is 0 Å². The van der Waals surface area contributed by atoms with Crippen molar-refractivity contribution >= 4 is 19.8 Å². The lowest BCUT2D eigenvalue weighted by Crippen LogP contribution is -2.37. The zero-order chi connectivity index (χ0) is 75.4. The predicted molar refractivity (Wildman–Crippen MR) is 453 cm³/mol. The van der Waals surface area contributed by atoms with Crippen molar-refractivity contribution in [3.63, 3.8) is 0 Å². The fourth-order valence-corrected chi connectivity index (χ4v) is 10.2. The minimum absolute atomic E-state index is 0.00694. The van der Waals surface area contributed by atoms with Gasteiger partial charge in [-0.15, -0.1) is 0 Å². The first-order valence-electron chi connectivity index (χ1n) is 39.7. The van der Waals surface area contributed by atoms with E-state index in [0.717, 1.165) is 205 Å². The van der Waals surface area contributed by atoms with Crippen molar-refractivity contribution in [2.45, 2.75) is 251 Å². The molecule has 0 amide bonds. The van der Waals surface area contributed by atoms with Crippen LogP contribution in [-0.2, 0) is 32.7 Å². The van der Waals surface area contributed by atoms with Gasteiger partial charge in [0.25, 0.3) is 0 Å². The number of likely N-dealkylation sites (N-methyl/N-ethyl adjacent to an activating group) is 1. The van der Waals surface area contributed by atoms with Crippen molar-refractivity contribution in [3.8, 4) is 0 Å². The van der Waals surface area contributed by atoms with Gasteiger partial charge in [-0.25, -0.2) is 4.57 Å². The molecule has 0 aliphatic heterocycles. The van der Waals surface area contributed by atoms with E-state index in [0.29, 0.717) is 23.9 Å². The summed E-state index contributed by atoms with van der Waals surface area (Å²) < 4.78 is 34.7. The lowest BCUT2D eigenvalue weighted by Gasteiger charge is -2.24. The van der Waals surface area contributed by atoms with Crippen molar-refractivity contribution in [3.05, 3.63) is 279 Å². The molecular weight excluding hydrogens is 1300 g/mol. The maximum absolute atomic E-state index is 12.9. The number of carbonyl (C=O) groups is 2. The molecule has 9 nitrogen and oxygen atoms in total. The number of nitrogens with zero attached hydrogens (tertiary/aromatic N) is 1. The van der Waals surface area contributed by atoms with E-state index in [4.69, 9.17) is 18.5 Å². The first-order valence-corrected chi connectivity index (χ1v) is 41.2. The van der Waals surface area contributed by atoms with Crippen LogP contribution in [0.1, 0.15) is 245 Å². The van der Waals surface area contributed by atoms with Gasteiger partial charge in [0.05, 0.1) is 27.7 Å². The van der Waals surface area contributed by atoms with Gasteiger partial charge in [0.2, 0.25) is 0 Å². The molecule has 2 atom stereocenters. The molecule has 0 aromatic carbocycles. The molecule has 0 bridgehead atoms. The summed E-state index contributed by atoms with van der Waals surface area (Å²) in [7, 11) is 1.41. The zero-order valence-corrected chi connectivity index (χ0v) is 66.5. The van der Waals surface area contributed by atoms with Crippen LogP contribution in [0.5, 0.6) is 0 Å². The van der Waals surface area contributed by atoms with Crippen LogP contribution in [0.25, 0.3) is 0 Å². The van der Waals surface area contributed by atoms with Crippen molar-refractivity contribution < 1.29 is 42.1 Å². The number of phosphoric acid groups is 1. The van der Waals surface area contributed by atoms with Gasteiger partial charge in [-0.1, -0.05) is 325 Å². The SMILES string of the molecule is CC/C=C\C/C=C\C/C=C\C/C=C\C/C=C\C/C=C\C/C=C\C/C=C\C/C=C\C/C=C\C/C=C\C/C=C\CCCCCCC(=O)OC(COC(=O)CCCCCCC/C=C\C/C=C\C/C=C\C/C=C\C/C=C\C/C=C\C/C=C\C/C=C\C/C=C\C/C=C\C/C=C\CC)COP(=O)(O)OCC[N+](C)(C)C. The Morgan fingerprint density at radius 3 is 0.769 bits per heavy atom. The molecule has 2 unspecified atom stereocenters. The molecule has 0 rings (SSSR count). The second-order valence-electron chi connectivity index (χ2n) is 26.3. The molecule has 0 aromatic rings. The first-order chi connectivity index (χ1) is 51.0. The Morgan fingerprint density at radius 2 is 0.519 bits per heavy atom. The zero-order valence-electron chi connectivity index (χ0n) is 65.6. The number of esters is 2. The molecule has 0 radical (unpaired) electrons. The predicted octanol–water partition coefficient (Wildman–Crippen LogP) is 27.2. The number of rotatable bonds is 69. The summed E-state index contributed by atoms with van der Waals surface area (Å²) in [6.45, 7) is 4.11. The fourth-order valence-electron chi connectivity index (χ4n) is 9.47. The lowest BCUT2D eigenvalue weighted by atomic mass is 10.1. The third-order valence-corrected chi connectivity index (χ3v) is 16.4. The maximum atomic E-state index is 12.9. The van der Waals surface area contributed by atoms with Crippen molar-refractivity contribution in [2.24, 2.45) is 0 Å². The summed E-state index contributed by atoms with van der Waals surface area (Å²) in [6.07, 6.45) is 135. The molecule has 0 aliphatic carbocycles. The summed E-state index contributed by atoms with van der Waals surface area (Å²) in [4.78, 5) is 36.0. The Bertz CT molecular complexity index is 2820. The lowest BCUT2D eigenvalue weighted by molar-refractivity contribution is -0.870. The molecule has 0 heterocycles. The average Bonchev–Trinajstić information content (AvgIpc) is 0.920. The van der Waals surface area contributed by atoms with Gasteiger partial charge >= 0.3 is 19.8 Å². The topological polar surface area (TPSA) is 108 Å². The average molecular weight is 1450 g/mol. The molecule has 0 saturated heterocycles. The molecule has 104 heavy (non-hydrogen) atoms. The Labute approximate surface area is 636 Å². The molecule has 0 fully saturated rings. The van der Waals surface area contributed by atoms with Gasteiger partial charge in [0, 0.05) is 12.8 Å². The van der Waals surface area contributed by atoms with E-state index in [9.17, 15) is 19.0 Å². The molecule has 0 aliphatic rings. The number of phosphoric ester groups is 1. The van der Waals surface area contributed by atoms with Crippen LogP contribution < -0.4 is 0 Å². The summed E-state index contributed by atoms with van der Waals surface area (Å²) in [5, 5.41) is 0. The van der Waals surface area contributed by atoms with Crippen LogP contribution in [-0.4, -0.2) is 74.9 Å². The fraction of sp³-hybridized carbons (Fsp3) is 0.489. The molecule has 1 N–H and O–H groups in total. The van der Waals surface area contributed by atoms with Crippen LogP contribution in [0.2, 0.25) is 0 Å². The Balaban J connectivity index is 4.23. The number of carbonyl (C=O) groups excluding carboxylic acids is 2. The largest absolute Gasteiger partial charge is 0.472 e. The first kappa shape index (κ1) is 97.0. The van der Waals surface area contributed by atoms with Gasteiger partial charge < -0.3 is 18.9 Å². The van der Waals surface area contributed by atoms with Gasteiger partial charge in [-0.05, 0) is 186 Å². The van der Waals surface area contributed by atoms with Crippen LogP contribution in [0.15, 0.2) is 279 Å². The highest BCUT2D eigenvalue weighted by Crippen LogP contribution is 2.43. The van der Waals surface area contributed by atoms with Crippen LogP contribution in [0.4, 0.5) is 0 Å². The number of hydrogen-bond acceptors (Lipinski definition) is 7. The van der Waals surface area contributed by atoms with E-state index in [1.54, 1.807) is 0 Å². The summed E-state index contributed by atoms with van der Waals surface area (Å²) >= 11 is 0. The molecule has 0 saturated carbocycles. The summed E-state index contributed by atoms with van der Waals surface area (Å²) in [6, 6.07) is 0. The van der Waals surface area contributed by atoms with E-state index in [-0.39, 0.29) is 26.1 Å². The highest BCUT2D eigenvalue weighted by Gasteiger charge is 2.27. The molecule has 0 spiro atoms. The van der Waals surface area contributed by atoms with Gasteiger partial charge in [0.15, 0.2) is 6.10 Å².